The summed E-state index contributed by atoms with van der Waals surface area (Å²) < 4.78 is 158. The van der Waals surface area contributed by atoms with E-state index in [1.54, 1.807) is 48.5 Å². The number of hydrogen-bond acceptors (Lipinski definition) is 0. The zero-order valence-corrected chi connectivity index (χ0v) is 20.6. The number of fused-ring (bicyclic) bond motifs is 4. The Hall–Kier alpha value is -5.20. The van der Waals surface area contributed by atoms with Crippen LogP contribution in [0.3, 0.4) is 0 Å². The van der Waals surface area contributed by atoms with Crippen molar-refractivity contribution in [3.05, 3.63) is 157 Å². The molecule has 0 heterocycles. The summed E-state index contributed by atoms with van der Waals surface area (Å²) >= 11 is 0. The van der Waals surface area contributed by atoms with Crippen molar-refractivity contribution in [1.29, 1.82) is 0 Å². The van der Waals surface area contributed by atoms with Gasteiger partial charge in [-0.25, -0.2) is 0 Å². The van der Waals surface area contributed by atoms with Crippen LogP contribution in [0.4, 0.5) is 0 Å². The first-order valence-corrected chi connectivity index (χ1v) is 12.4. The van der Waals surface area contributed by atoms with Gasteiger partial charge in [0.05, 0.1) is 24.7 Å². The highest BCUT2D eigenvalue weighted by Gasteiger charge is 2.17. The molecule has 0 fully saturated rings. The molecule has 0 unspecified atom stereocenters. The lowest BCUT2D eigenvalue weighted by molar-refractivity contribution is 1.63. The van der Waals surface area contributed by atoms with Gasteiger partial charge in [0, 0.05) is 0 Å². The summed E-state index contributed by atoms with van der Waals surface area (Å²) in [6.07, 6.45) is 0. The summed E-state index contributed by atoms with van der Waals surface area (Å²) in [7, 11) is 0. The average molecular weight is 525 g/mol. The highest BCUT2D eigenvalue weighted by Crippen LogP contribution is 2.44. The third-order valence-electron chi connectivity index (χ3n) is 6.87. The van der Waals surface area contributed by atoms with Crippen molar-refractivity contribution < 1.29 is 24.7 Å². The van der Waals surface area contributed by atoms with Crippen molar-refractivity contribution in [2.24, 2.45) is 0 Å². The molecule has 40 heavy (non-hydrogen) atoms. The Labute approximate surface area is 259 Å². The van der Waals surface area contributed by atoms with E-state index in [-0.39, 0.29) is 33.0 Å². The molecule has 8 aromatic carbocycles. The molecule has 0 amide bonds. The molecular weight excluding hydrogens is 480 g/mol. The van der Waals surface area contributed by atoms with E-state index in [0.717, 1.165) is 0 Å². The van der Waals surface area contributed by atoms with Gasteiger partial charge in [-0.15, -0.1) is 0 Å². The maximum atomic E-state index is 9.69. The van der Waals surface area contributed by atoms with Crippen molar-refractivity contribution in [1.82, 2.24) is 0 Å². The summed E-state index contributed by atoms with van der Waals surface area (Å²) in [6, 6.07) is 2.02. The van der Waals surface area contributed by atoms with E-state index in [0.29, 0.717) is 21.5 Å². The molecule has 0 saturated heterocycles. The Kier molecular flexibility index (Phi) is 2.56. The van der Waals surface area contributed by atoms with Crippen molar-refractivity contribution >= 4 is 43.1 Å². The average Bonchev–Trinajstić information content (AvgIpc) is 3.21. The van der Waals surface area contributed by atoms with E-state index >= 15 is 0 Å². The Morgan fingerprint density at radius 2 is 0.875 bits per heavy atom. The SMILES string of the molecule is [2H]c1c([2H])c(-c2c3ccccc3c(-c3c([2H])c([2H])c4c([2H])c([2H])c([2H])c([2H])c4c3[2H])c3ccccc23)c([2H])c(-c2c([2H])c([2H])c([2H])c3c([2H])c([2H])c([2H])c([2H])c23)c1[2H]. The summed E-state index contributed by atoms with van der Waals surface area (Å²) in [5.74, 6) is 0. The first-order chi connectivity index (χ1) is 27.4. The minimum atomic E-state index is -0.735. The number of hydrogen-bond donors (Lipinski definition) is 0. The van der Waals surface area contributed by atoms with E-state index in [2.05, 4.69) is 0 Å². The maximum Gasteiger partial charge on any atom is 0.0636 e. The largest absolute Gasteiger partial charge is 0.0636 e. The third kappa shape index (κ3) is 3.61. The minimum Gasteiger partial charge on any atom is -0.0616 e. The van der Waals surface area contributed by atoms with Crippen LogP contribution in [0.5, 0.6) is 0 Å². The van der Waals surface area contributed by atoms with Crippen LogP contribution in [0.2, 0.25) is 0 Å². The number of benzene rings is 8. The van der Waals surface area contributed by atoms with Crippen molar-refractivity contribution in [2.75, 3.05) is 0 Å². The molecule has 0 heteroatoms. The number of rotatable bonds is 3. The van der Waals surface area contributed by atoms with E-state index < -0.39 is 131 Å². The molecule has 0 N–H and O–H groups in total. The normalized spacial score (nSPS) is 17.8. The van der Waals surface area contributed by atoms with Crippen LogP contribution in [-0.2, 0) is 0 Å². The van der Waals surface area contributed by atoms with Crippen LogP contribution in [-0.4, -0.2) is 0 Å². The quantitative estimate of drug-likeness (QED) is 0.202. The monoisotopic (exact) mass is 524 g/mol. The zero-order chi connectivity index (χ0) is 42.1. The highest BCUT2D eigenvalue weighted by molar-refractivity contribution is 6.22. The fourth-order valence-corrected chi connectivity index (χ4v) is 5.17. The lowest BCUT2D eigenvalue weighted by Gasteiger charge is -2.18. The van der Waals surface area contributed by atoms with Crippen molar-refractivity contribution in [3.63, 3.8) is 0 Å². The second-order valence-electron chi connectivity index (χ2n) is 9.09. The van der Waals surface area contributed by atoms with E-state index in [1.807, 2.05) is 0 Å². The first kappa shape index (κ1) is 11.1. The topological polar surface area (TPSA) is 0 Å². The van der Waals surface area contributed by atoms with Gasteiger partial charge in [-0.1, -0.05) is 145 Å². The molecule has 8 aromatic rings. The molecule has 0 nitrogen and oxygen atoms in total. The Bertz CT molecular complexity index is 3140. The van der Waals surface area contributed by atoms with E-state index in [1.165, 1.54) is 0 Å². The predicted molar refractivity (Wildman–Crippen MR) is 173 cm³/mol. The molecule has 8 rings (SSSR count). The second-order valence-corrected chi connectivity index (χ2v) is 9.09. The van der Waals surface area contributed by atoms with Gasteiger partial charge < -0.3 is 0 Å². The smallest absolute Gasteiger partial charge is 0.0616 e. The van der Waals surface area contributed by atoms with Crippen LogP contribution >= 0.6 is 0 Å². The standard InChI is InChI=1S/C40H26/c1-2-13-29-25-32(24-23-27(29)11-1)40-37-20-7-5-18-35(37)39(36-19-6-8-21-38(36)40)31-16-9-15-30(26-31)34-22-10-14-28-12-3-4-17-33(28)34/h1-26H/i1D,2D,3D,4D,9D,10D,11D,12D,13D,14D,15D,16D,17D,22D,23D,24D,25D,26D. The van der Waals surface area contributed by atoms with Crippen LogP contribution in [0, 0.1) is 0 Å². The second kappa shape index (κ2) is 9.22. The van der Waals surface area contributed by atoms with Crippen LogP contribution in [0.15, 0.2) is 157 Å². The molecule has 0 bridgehead atoms. The Morgan fingerprint density at radius 1 is 0.350 bits per heavy atom. The van der Waals surface area contributed by atoms with Gasteiger partial charge in [-0.05, 0) is 88.6 Å². The van der Waals surface area contributed by atoms with Crippen LogP contribution in [0.1, 0.15) is 24.7 Å². The fraction of sp³-hybridized carbons (Fsp3) is 0. The minimum absolute atomic E-state index is 0.111. The molecule has 0 atom stereocenters. The molecule has 0 aliphatic heterocycles. The van der Waals surface area contributed by atoms with Crippen molar-refractivity contribution in [2.45, 2.75) is 0 Å². The van der Waals surface area contributed by atoms with Gasteiger partial charge in [0.1, 0.15) is 0 Å². The lowest BCUT2D eigenvalue weighted by Crippen LogP contribution is -1.91. The van der Waals surface area contributed by atoms with Gasteiger partial charge >= 0.3 is 0 Å². The lowest BCUT2D eigenvalue weighted by atomic mass is 9.85. The molecule has 0 spiro atoms. The van der Waals surface area contributed by atoms with Crippen LogP contribution in [0.25, 0.3) is 76.5 Å². The van der Waals surface area contributed by atoms with E-state index in [4.69, 9.17) is 19.2 Å². The molecular formula is C40H26. The van der Waals surface area contributed by atoms with Gasteiger partial charge in [0.15, 0.2) is 0 Å². The van der Waals surface area contributed by atoms with Gasteiger partial charge in [-0.3, -0.25) is 0 Å². The first-order valence-electron chi connectivity index (χ1n) is 21.4. The predicted octanol–water partition coefficient (Wildman–Crippen LogP) is 11.3. The summed E-state index contributed by atoms with van der Waals surface area (Å²) in [5.41, 5.74) is -0.802. The zero-order valence-electron chi connectivity index (χ0n) is 38.6. The molecule has 0 saturated carbocycles. The van der Waals surface area contributed by atoms with Gasteiger partial charge in [0.2, 0.25) is 0 Å². The molecule has 0 aliphatic carbocycles. The van der Waals surface area contributed by atoms with Gasteiger partial charge in [0.25, 0.3) is 0 Å². The third-order valence-corrected chi connectivity index (χ3v) is 6.87. The summed E-state index contributed by atoms with van der Waals surface area (Å²) in [6.45, 7) is 0. The van der Waals surface area contributed by atoms with E-state index in [9.17, 15) is 5.48 Å². The Morgan fingerprint density at radius 3 is 1.57 bits per heavy atom. The van der Waals surface area contributed by atoms with Gasteiger partial charge in [-0.2, -0.15) is 0 Å². The summed E-state index contributed by atoms with van der Waals surface area (Å²) in [4.78, 5) is 0. The fourth-order valence-electron chi connectivity index (χ4n) is 5.17. The van der Waals surface area contributed by atoms with Crippen molar-refractivity contribution in [3.8, 4) is 33.4 Å². The molecule has 186 valence electrons. The van der Waals surface area contributed by atoms with Crippen LogP contribution < -0.4 is 0 Å². The summed E-state index contributed by atoms with van der Waals surface area (Å²) in [5, 5.41) is -0.00290. The molecule has 0 aromatic heterocycles. The maximum absolute atomic E-state index is 9.69. The highest BCUT2D eigenvalue weighted by atomic mass is 14.2. The molecule has 0 radical (unpaired) electrons. The molecule has 0 aliphatic rings. The Balaban J connectivity index is 1.57.